The zero-order valence-electron chi connectivity index (χ0n) is 12.7. The number of nitrogens with zero attached hydrogens (tertiary/aromatic N) is 1. The summed E-state index contributed by atoms with van der Waals surface area (Å²) in [6, 6.07) is 3.20. The molecule has 3 heterocycles. The van der Waals surface area contributed by atoms with Crippen molar-refractivity contribution >= 4 is 5.91 Å². The van der Waals surface area contributed by atoms with E-state index in [4.69, 9.17) is 14.2 Å². The summed E-state index contributed by atoms with van der Waals surface area (Å²) in [5, 5.41) is 10.8. The van der Waals surface area contributed by atoms with Gasteiger partial charge in [0.2, 0.25) is 12.7 Å². The van der Waals surface area contributed by atoms with E-state index in [0.717, 1.165) is 12.0 Å². The van der Waals surface area contributed by atoms with Crippen LogP contribution in [-0.4, -0.2) is 41.0 Å². The normalized spacial score (nSPS) is 28.5. The number of carbonyl (C=O) groups is 1. The molecule has 0 radical (unpaired) electrons. The second-order valence-electron chi connectivity index (χ2n) is 6.53. The summed E-state index contributed by atoms with van der Waals surface area (Å²) in [4.78, 5) is 14.0. The molecule has 22 heavy (non-hydrogen) atoms. The van der Waals surface area contributed by atoms with Crippen molar-refractivity contribution in [2.75, 3.05) is 13.3 Å². The van der Waals surface area contributed by atoms with Gasteiger partial charge < -0.3 is 24.2 Å². The Morgan fingerprint density at radius 3 is 2.64 bits per heavy atom. The SMILES string of the molecule is CC1(C)Oc2cc3c(cc2[C@H](N2CCCC2=O)[C@H]1O)OCO3. The molecule has 3 aliphatic rings. The Morgan fingerprint density at radius 2 is 1.95 bits per heavy atom. The second-order valence-corrected chi connectivity index (χ2v) is 6.53. The Bertz CT molecular complexity index is 642. The number of fused-ring (bicyclic) bond motifs is 2. The molecular formula is C16H19NO5. The Kier molecular flexibility index (Phi) is 2.81. The van der Waals surface area contributed by atoms with Crippen LogP contribution in [0.25, 0.3) is 0 Å². The molecular weight excluding hydrogens is 286 g/mol. The van der Waals surface area contributed by atoms with Crippen LogP contribution in [0.1, 0.15) is 38.3 Å². The van der Waals surface area contributed by atoms with Crippen LogP contribution >= 0.6 is 0 Å². The summed E-state index contributed by atoms with van der Waals surface area (Å²) in [7, 11) is 0. The zero-order valence-corrected chi connectivity index (χ0v) is 12.7. The second kappa shape index (κ2) is 4.52. The molecule has 1 amide bonds. The fourth-order valence-electron chi connectivity index (χ4n) is 3.45. The number of hydrogen-bond acceptors (Lipinski definition) is 5. The first-order valence-corrected chi connectivity index (χ1v) is 7.57. The van der Waals surface area contributed by atoms with E-state index in [0.29, 0.717) is 30.2 Å². The fraction of sp³-hybridized carbons (Fsp3) is 0.562. The minimum Gasteiger partial charge on any atom is -0.485 e. The summed E-state index contributed by atoms with van der Waals surface area (Å²) < 4.78 is 16.8. The molecule has 0 saturated carbocycles. The highest BCUT2D eigenvalue weighted by Gasteiger charge is 2.48. The van der Waals surface area contributed by atoms with E-state index >= 15 is 0 Å². The molecule has 4 rings (SSSR count). The maximum Gasteiger partial charge on any atom is 0.231 e. The topological polar surface area (TPSA) is 68.2 Å². The predicted octanol–water partition coefficient (Wildman–Crippen LogP) is 1.61. The standard InChI is InChI=1S/C16H19NO5/c1-16(2)15(19)14(17-5-3-4-13(17)18)9-6-11-12(21-8-20-11)7-10(9)22-16/h6-7,14-15,19H,3-5,8H2,1-2H3/t14-,15+/m0/s1. The van der Waals surface area contributed by atoms with Crippen molar-refractivity contribution < 1.29 is 24.1 Å². The maximum atomic E-state index is 12.2. The number of aliphatic hydroxyl groups is 1. The number of aliphatic hydroxyl groups excluding tert-OH is 1. The van der Waals surface area contributed by atoms with Crippen LogP contribution in [0, 0.1) is 0 Å². The van der Waals surface area contributed by atoms with Gasteiger partial charge in [0, 0.05) is 24.6 Å². The van der Waals surface area contributed by atoms with Crippen molar-refractivity contribution in [2.24, 2.45) is 0 Å². The summed E-state index contributed by atoms with van der Waals surface area (Å²) >= 11 is 0. The van der Waals surface area contributed by atoms with E-state index in [1.54, 1.807) is 11.0 Å². The highest BCUT2D eigenvalue weighted by molar-refractivity contribution is 5.79. The molecule has 0 unspecified atom stereocenters. The number of benzene rings is 1. The van der Waals surface area contributed by atoms with E-state index in [9.17, 15) is 9.90 Å². The van der Waals surface area contributed by atoms with Gasteiger partial charge in [-0.2, -0.15) is 0 Å². The van der Waals surface area contributed by atoms with Gasteiger partial charge in [-0.1, -0.05) is 0 Å². The molecule has 0 spiro atoms. The van der Waals surface area contributed by atoms with Gasteiger partial charge >= 0.3 is 0 Å². The summed E-state index contributed by atoms with van der Waals surface area (Å²) in [6.45, 7) is 4.50. The fourth-order valence-corrected chi connectivity index (χ4v) is 3.45. The Labute approximate surface area is 128 Å². The van der Waals surface area contributed by atoms with Gasteiger partial charge in [0.1, 0.15) is 17.5 Å². The average Bonchev–Trinajstić information content (AvgIpc) is 3.07. The molecule has 1 aromatic rings. The monoisotopic (exact) mass is 305 g/mol. The van der Waals surface area contributed by atoms with Crippen molar-refractivity contribution in [1.82, 2.24) is 4.90 Å². The first kappa shape index (κ1) is 13.7. The van der Waals surface area contributed by atoms with E-state index in [1.807, 2.05) is 19.9 Å². The number of rotatable bonds is 1. The summed E-state index contributed by atoms with van der Waals surface area (Å²) in [5.41, 5.74) is 0.000137. The maximum absolute atomic E-state index is 12.2. The first-order chi connectivity index (χ1) is 10.5. The molecule has 1 aromatic carbocycles. The lowest BCUT2D eigenvalue weighted by molar-refractivity contribution is -0.139. The molecule has 1 N–H and O–H groups in total. The van der Waals surface area contributed by atoms with E-state index in [-0.39, 0.29) is 12.7 Å². The molecule has 1 saturated heterocycles. The summed E-state index contributed by atoms with van der Waals surface area (Å²) in [5.74, 6) is 1.98. The molecule has 6 heteroatoms. The molecule has 3 aliphatic heterocycles. The van der Waals surface area contributed by atoms with Crippen LogP contribution < -0.4 is 14.2 Å². The summed E-state index contributed by atoms with van der Waals surface area (Å²) in [6.07, 6.45) is 0.551. The van der Waals surface area contributed by atoms with Crippen molar-refractivity contribution in [3.05, 3.63) is 17.7 Å². The largest absolute Gasteiger partial charge is 0.485 e. The lowest BCUT2D eigenvalue weighted by atomic mass is 9.85. The van der Waals surface area contributed by atoms with Gasteiger partial charge in [-0.05, 0) is 26.3 Å². The highest BCUT2D eigenvalue weighted by Crippen LogP contribution is 2.49. The van der Waals surface area contributed by atoms with Gasteiger partial charge in [-0.3, -0.25) is 4.79 Å². The number of likely N-dealkylation sites (tertiary alicyclic amines) is 1. The molecule has 6 nitrogen and oxygen atoms in total. The van der Waals surface area contributed by atoms with Crippen LogP contribution in [0.15, 0.2) is 12.1 Å². The zero-order chi connectivity index (χ0) is 15.5. The van der Waals surface area contributed by atoms with E-state index in [2.05, 4.69) is 0 Å². The van der Waals surface area contributed by atoms with Crippen LogP contribution in [0.2, 0.25) is 0 Å². The molecule has 118 valence electrons. The Balaban J connectivity index is 1.84. The number of carbonyl (C=O) groups excluding carboxylic acids is 1. The number of ether oxygens (including phenoxy) is 3. The van der Waals surface area contributed by atoms with Crippen molar-refractivity contribution in [1.29, 1.82) is 0 Å². The third kappa shape index (κ3) is 1.86. The third-order valence-corrected chi connectivity index (χ3v) is 4.65. The molecule has 1 fully saturated rings. The van der Waals surface area contributed by atoms with Gasteiger partial charge in [0.15, 0.2) is 11.5 Å². The smallest absolute Gasteiger partial charge is 0.231 e. The Morgan fingerprint density at radius 1 is 1.23 bits per heavy atom. The highest BCUT2D eigenvalue weighted by atomic mass is 16.7. The third-order valence-electron chi connectivity index (χ3n) is 4.65. The number of amides is 1. The molecule has 2 atom stereocenters. The number of hydrogen-bond donors (Lipinski definition) is 1. The Hall–Kier alpha value is -1.95. The molecule has 0 bridgehead atoms. The average molecular weight is 305 g/mol. The molecule has 0 aliphatic carbocycles. The first-order valence-electron chi connectivity index (χ1n) is 7.57. The van der Waals surface area contributed by atoms with Crippen molar-refractivity contribution in [2.45, 2.75) is 44.4 Å². The lowest BCUT2D eigenvalue weighted by Crippen LogP contribution is -2.53. The van der Waals surface area contributed by atoms with Gasteiger partial charge in [0.05, 0.1) is 6.04 Å². The van der Waals surface area contributed by atoms with Crippen molar-refractivity contribution in [3.63, 3.8) is 0 Å². The molecule has 0 aromatic heterocycles. The van der Waals surface area contributed by atoms with E-state index < -0.39 is 17.7 Å². The van der Waals surface area contributed by atoms with Gasteiger partial charge in [0.25, 0.3) is 0 Å². The predicted molar refractivity (Wildman–Crippen MR) is 77.0 cm³/mol. The van der Waals surface area contributed by atoms with Gasteiger partial charge in [-0.25, -0.2) is 0 Å². The van der Waals surface area contributed by atoms with Crippen molar-refractivity contribution in [3.8, 4) is 17.2 Å². The van der Waals surface area contributed by atoms with Crippen LogP contribution in [0.3, 0.4) is 0 Å². The van der Waals surface area contributed by atoms with E-state index in [1.165, 1.54) is 0 Å². The minimum atomic E-state index is -0.803. The van der Waals surface area contributed by atoms with Crippen LogP contribution in [0.4, 0.5) is 0 Å². The quantitative estimate of drug-likeness (QED) is 0.854. The van der Waals surface area contributed by atoms with Crippen LogP contribution in [0.5, 0.6) is 17.2 Å². The lowest BCUT2D eigenvalue weighted by Gasteiger charge is -2.45. The van der Waals surface area contributed by atoms with Gasteiger partial charge in [-0.15, -0.1) is 0 Å². The van der Waals surface area contributed by atoms with Crippen LogP contribution in [-0.2, 0) is 4.79 Å². The minimum absolute atomic E-state index is 0.0744.